The van der Waals surface area contributed by atoms with Crippen LogP contribution in [0.25, 0.3) is 0 Å². The molecule has 0 bridgehead atoms. The molecule has 1 atom stereocenters. The Morgan fingerprint density at radius 3 is 2.47 bits per heavy atom. The molecule has 0 spiro atoms. The zero-order valence-electron chi connectivity index (χ0n) is 10.6. The molecule has 0 aromatic heterocycles. The van der Waals surface area contributed by atoms with Crippen LogP contribution in [0.15, 0.2) is 0 Å². The van der Waals surface area contributed by atoms with E-state index in [1.54, 1.807) is 0 Å². The Hall–Kier alpha value is -1.06. The summed E-state index contributed by atoms with van der Waals surface area (Å²) >= 11 is 0. The molecule has 1 saturated carbocycles. The highest BCUT2D eigenvalue weighted by Gasteiger charge is 2.35. The summed E-state index contributed by atoms with van der Waals surface area (Å²) in [5.41, 5.74) is 0. The normalized spacial score (nSPS) is 33.6. The third kappa shape index (κ3) is 2.79. The number of ether oxygens (including phenoxy) is 1. The second-order valence-electron chi connectivity index (χ2n) is 5.52. The first-order chi connectivity index (χ1) is 8.08. The minimum atomic E-state index is -0.466. The topological polar surface area (TPSA) is 46.6 Å². The van der Waals surface area contributed by atoms with Gasteiger partial charge in [0.25, 0.3) is 0 Å². The van der Waals surface area contributed by atoms with Gasteiger partial charge >= 0.3 is 6.09 Å². The average molecular weight is 239 g/mol. The van der Waals surface area contributed by atoms with E-state index < -0.39 is 6.09 Å². The van der Waals surface area contributed by atoms with Crippen molar-refractivity contribution in [3.63, 3.8) is 0 Å². The van der Waals surface area contributed by atoms with Crippen molar-refractivity contribution < 1.29 is 14.3 Å². The highest BCUT2D eigenvalue weighted by Crippen LogP contribution is 2.31. The molecule has 17 heavy (non-hydrogen) atoms. The van der Waals surface area contributed by atoms with Crippen molar-refractivity contribution in [2.45, 2.75) is 52.0 Å². The van der Waals surface area contributed by atoms with Crippen molar-refractivity contribution in [2.75, 3.05) is 6.61 Å². The predicted molar refractivity (Wildman–Crippen MR) is 63.4 cm³/mol. The molecule has 4 nitrogen and oxygen atoms in total. The summed E-state index contributed by atoms with van der Waals surface area (Å²) in [6.45, 7) is 4.45. The Balaban J connectivity index is 1.86. The van der Waals surface area contributed by atoms with Gasteiger partial charge in [0.1, 0.15) is 6.61 Å². The summed E-state index contributed by atoms with van der Waals surface area (Å²) in [6.07, 6.45) is 4.68. The van der Waals surface area contributed by atoms with Gasteiger partial charge < -0.3 is 4.74 Å². The van der Waals surface area contributed by atoms with Gasteiger partial charge in [-0.1, -0.05) is 19.8 Å². The van der Waals surface area contributed by atoms with Crippen LogP contribution >= 0.6 is 0 Å². The van der Waals surface area contributed by atoms with E-state index in [4.69, 9.17) is 4.74 Å². The Morgan fingerprint density at radius 2 is 1.94 bits per heavy atom. The van der Waals surface area contributed by atoms with Crippen LogP contribution in [0.1, 0.15) is 46.0 Å². The molecule has 0 unspecified atom stereocenters. The molecular weight excluding hydrogens is 218 g/mol. The molecule has 2 rings (SSSR count). The number of amides is 2. The van der Waals surface area contributed by atoms with Crippen molar-refractivity contribution in [1.82, 2.24) is 4.90 Å². The minimum absolute atomic E-state index is 0.0560. The average Bonchev–Trinajstić information content (AvgIpc) is 2.62. The molecule has 0 aromatic carbocycles. The maximum Gasteiger partial charge on any atom is 0.416 e. The lowest BCUT2D eigenvalue weighted by Gasteiger charge is -2.27. The van der Waals surface area contributed by atoms with Crippen LogP contribution in [0.4, 0.5) is 4.79 Å². The van der Waals surface area contributed by atoms with Gasteiger partial charge in [0, 0.05) is 6.42 Å². The monoisotopic (exact) mass is 239 g/mol. The number of imide groups is 1. The SMILES string of the molecule is CC1CCC(CC(=O)N2C(=O)OC[C@@H]2C)CC1. The largest absolute Gasteiger partial charge is 0.447 e. The Bertz CT molecular complexity index is 308. The predicted octanol–water partition coefficient (Wildman–Crippen LogP) is 2.57. The zero-order valence-corrected chi connectivity index (χ0v) is 10.6. The van der Waals surface area contributed by atoms with Crippen molar-refractivity contribution in [3.8, 4) is 0 Å². The standard InChI is InChI=1S/C13H21NO3/c1-9-3-5-11(6-4-9)7-12(15)14-10(2)8-17-13(14)16/h9-11H,3-8H2,1-2H3/t9?,10-,11?/m0/s1. The number of nitrogens with zero attached hydrogens (tertiary/aromatic N) is 1. The fourth-order valence-corrected chi connectivity index (χ4v) is 2.74. The summed E-state index contributed by atoms with van der Waals surface area (Å²) in [5.74, 6) is 1.19. The fraction of sp³-hybridized carbons (Fsp3) is 0.846. The maximum absolute atomic E-state index is 12.0. The van der Waals surface area contributed by atoms with E-state index in [1.165, 1.54) is 17.7 Å². The van der Waals surface area contributed by atoms with E-state index in [0.29, 0.717) is 18.9 Å². The second kappa shape index (κ2) is 5.07. The third-order valence-electron chi connectivity index (χ3n) is 3.95. The maximum atomic E-state index is 12.0. The molecule has 2 amide bonds. The third-order valence-corrected chi connectivity index (χ3v) is 3.95. The van der Waals surface area contributed by atoms with Gasteiger partial charge in [-0.15, -0.1) is 0 Å². The Morgan fingerprint density at radius 1 is 1.29 bits per heavy atom. The summed E-state index contributed by atoms with van der Waals surface area (Å²) in [4.78, 5) is 24.7. The van der Waals surface area contributed by atoms with Crippen molar-refractivity contribution in [2.24, 2.45) is 11.8 Å². The number of carbonyl (C=O) groups excluding carboxylic acids is 2. The fourth-order valence-electron chi connectivity index (χ4n) is 2.74. The van der Waals surface area contributed by atoms with Crippen molar-refractivity contribution >= 4 is 12.0 Å². The van der Waals surface area contributed by atoms with E-state index >= 15 is 0 Å². The smallest absolute Gasteiger partial charge is 0.416 e. The van der Waals surface area contributed by atoms with Gasteiger partial charge in [-0.2, -0.15) is 0 Å². The van der Waals surface area contributed by atoms with Crippen LogP contribution < -0.4 is 0 Å². The number of cyclic esters (lactones) is 1. The van der Waals surface area contributed by atoms with E-state index in [0.717, 1.165) is 18.8 Å². The van der Waals surface area contributed by atoms with Gasteiger partial charge in [-0.3, -0.25) is 4.79 Å². The highest BCUT2D eigenvalue weighted by atomic mass is 16.6. The first-order valence-electron chi connectivity index (χ1n) is 6.56. The highest BCUT2D eigenvalue weighted by molar-refractivity contribution is 5.93. The van der Waals surface area contributed by atoms with E-state index in [-0.39, 0.29) is 11.9 Å². The molecule has 2 aliphatic rings. The van der Waals surface area contributed by atoms with Crippen molar-refractivity contribution in [1.29, 1.82) is 0 Å². The molecule has 0 N–H and O–H groups in total. The molecule has 1 heterocycles. The van der Waals surface area contributed by atoms with E-state index in [9.17, 15) is 9.59 Å². The van der Waals surface area contributed by atoms with E-state index in [1.807, 2.05) is 6.92 Å². The summed E-state index contributed by atoms with van der Waals surface area (Å²) in [5, 5.41) is 0. The molecule has 1 saturated heterocycles. The Labute approximate surface area is 102 Å². The number of hydrogen-bond acceptors (Lipinski definition) is 3. The van der Waals surface area contributed by atoms with Crippen LogP contribution in [0.5, 0.6) is 0 Å². The molecule has 1 aliphatic heterocycles. The minimum Gasteiger partial charge on any atom is -0.447 e. The zero-order chi connectivity index (χ0) is 12.4. The molecule has 1 aliphatic carbocycles. The van der Waals surface area contributed by atoms with Gasteiger partial charge in [0.05, 0.1) is 6.04 Å². The first-order valence-corrected chi connectivity index (χ1v) is 6.56. The van der Waals surface area contributed by atoms with E-state index in [2.05, 4.69) is 6.92 Å². The summed E-state index contributed by atoms with van der Waals surface area (Å²) < 4.78 is 4.87. The van der Waals surface area contributed by atoms with Crippen LogP contribution in [-0.4, -0.2) is 29.5 Å². The number of carbonyl (C=O) groups is 2. The molecule has 0 aromatic rings. The van der Waals surface area contributed by atoms with Crippen LogP contribution in [-0.2, 0) is 9.53 Å². The van der Waals surface area contributed by atoms with Crippen molar-refractivity contribution in [3.05, 3.63) is 0 Å². The second-order valence-corrected chi connectivity index (χ2v) is 5.52. The lowest BCUT2D eigenvalue weighted by atomic mass is 9.81. The molecule has 2 fully saturated rings. The number of rotatable bonds is 2. The first kappa shape index (κ1) is 12.4. The van der Waals surface area contributed by atoms with Crippen LogP contribution in [0, 0.1) is 11.8 Å². The van der Waals surface area contributed by atoms with Gasteiger partial charge in [0.15, 0.2) is 0 Å². The van der Waals surface area contributed by atoms with Crippen LogP contribution in [0.3, 0.4) is 0 Å². The van der Waals surface area contributed by atoms with Crippen LogP contribution in [0.2, 0.25) is 0 Å². The quantitative estimate of drug-likeness (QED) is 0.744. The molecule has 4 heteroatoms. The summed E-state index contributed by atoms with van der Waals surface area (Å²) in [6, 6.07) is -0.0995. The summed E-state index contributed by atoms with van der Waals surface area (Å²) in [7, 11) is 0. The molecule has 0 radical (unpaired) electrons. The molecular formula is C13H21NO3. The Kier molecular flexibility index (Phi) is 3.69. The lowest BCUT2D eigenvalue weighted by molar-refractivity contribution is -0.130. The lowest BCUT2D eigenvalue weighted by Crippen LogP contribution is -2.38. The van der Waals surface area contributed by atoms with Gasteiger partial charge in [-0.25, -0.2) is 9.69 Å². The van der Waals surface area contributed by atoms with Gasteiger partial charge in [-0.05, 0) is 31.6 Å². The van der Waals surface area contributed by atoms with Gasteiger partial charge in [0.2, 0.25) is 5.91 Å². The molecule has 96 valence electrons. The number of hydrogen-bond donors (Lipinski definition) is 0.